The van der Waals surface area contributed by atoms with E-state index >= 15 is 0 Å². The molecule has 0 spiro atoms. The summed E-state index contributed by atoms with van der Waals surface area (Å²) >= 11 is 0. The van der Waals surface area contributed by atoms with Gasteiger partial charge < -0.3 is 5.11 Å². The molecule has 0 heterocycles. The maximum Gasteiger partial charge on any atom is 0.162 e. The Labute approximate surface area is 207 Å². The Balaban J connectivity index is 1.50. The minimum atomic E-state index is 0.222. The van der Waals surface area contributed by atoms with E-state index in [9.17, 15) is 9.90 Å². The van der Waals surface area contributed by atoms with Crippen molar-refractivity contribution in [2.75, 3.05) is 0 Å². The SMILES string of the molecule is CCCCCCCCC=CCCCCCCCC(=O)c1ccc(C=Nc2ccc(O)cc2)cc1. The van der Waals surface area contributed by atoms with Crippen molar-refractivity contribution < 1.29 is 9.90 Å². The predicted molar refractivity (Wildman–Crippen MR) is 146 cm³/mol. The van der Waals surface area contributed by atoms with Crippen molar-refractivity contribution in [2.24, 2.45) is 4.99 Å². The van der Waals surface area contributed by atoms with E-state index < -0.39 is 0 Å². The van der Waals surface area contributed by atoms with Gasteiger partial charge in [0.05, 0.1) is 5.69 Å². The van der Waals surface area contributed by atoms with Crippen LogP contribution in [0.25, 0.3) is 0 Å². The summed E-state index contributed by atoms with van der Waals surface area (Å²) in [4.78, 5) is 16.8. The molecule has 0 saturated heterocycles. The molecule has 2 rings (SSSR count). The highest BCUT2D eigenvalue weighted by atomic mass is 16.3. The van der Waals surface area contributed by atoms with E-state index in [0.29, 0.717) is 6.42 Å². The molecule has 0 unspecified atom stereocenters. The lowest BCUT2D eigenvalue weighted by molar-refractivity contribution is 0.0979. The second-order valence-electron chi connectivity index (χ2n) is 9.15. The average Bonchev–Trinajstić information content (AvgIpc) is 2.86. The molecule has 0 bridgehead atoms. The third kappa shape index (κ3) is 12.5. The molecule has 3 nitrogen and oxygen atoms in total. The highest BCUT2D eigenvalue weighted by Crippen LogP contribution is 2.17. The maximum atomic E-state index is 12.4. The fraction of sp³-hybridized carbons (Fsp3) is 0.484. The van der Waals surface area contributed by atoms with Crippen molar-refractivity contribution in [1.29, 1.82) is 0 Å². The number of nitrogens with zero attached hydrogens (tertiary/aromatic N) is 1. The van der Waals surface area contributed by atoms with Crippen molar-refractivity contribution in [3.63, 3.8) is 0 Å². The van der Waals surface area contributed by atoms with Crippen molar-refractivity contribution >= 4 is 17.7 Å². The number of carbonyl (C=O) groups excluding carboxylic acids is 1. The zero-order valence-electron chi connectivity index (χ0n) is 21.1. The Morgan fingerprint density at radius 3 is 1.91 bits per heavy atom. The number of phenolic OH excluding ortho intramolecular Hbond substituents is 1. The van der Waals surface area contributed by atoms with E-state index in [-0.39, 0.29) is 11.5 Å². The number of aliphatic imine (C=N–C) groups is 1. The third-order valence-corrected chi connectivity index (χ3v) is 6.11. The summed E-state index contributed by atoms with van der Waals surface area (Å²) in [5, 5.41) is 9.32. The highest BCUT2D eigenvalue weighted by Gasteiger charge is 2.05. The molecule has 2 aromatic carbocycles. The van der Waals surface area contributed by atoms with E-state index in [1.165, 1.54) is 70.6 Å². The lowest BCUT2D eigenvalue weighted by Crippen LogP contribution is -1.99. The summed E-state index contributed by atoms with van der Waals surface area (Å²) in [7, 11) is 0. The van der Waals surface area contributed by atoms with Crippen molar-refractivity contribution in [2.45, 2.75) is 96.8 Å². The van der Waals surface area contributed by atoms with Gasteiger partial charge in [0, 0.05) is 18.2 Å². The van der Waals surface area contributed by atoms with Crippen LogP contribution in [0, 0.1) is 0 Å². The zero-order valence-corrected chi connectivity index (χ0v) is 21.1. The molecule has 0 atom stereocenters. The van der Waals surface area contributed by atoms with E-state index in [2.05, 4.69) is 24.1 Å². The fourth-order valence-corrected chi connectivity index (χ4v) is 3.94. The number of hydrogen-bond acceptors (Lipinski definition) is 3. The van der Waals surface area contributed by atoms with Crippen LogP contribution in [0.2, 0.25) is 0 Å². The average molecular weight is 462 g/mol. The van der Waals surface area contributed by atoms with Gasteiger partial charge in [-0.05, 0) is 61.9 Å². The molecule has 1 N–H and O–H groups in total. The van der Waals surface area contributed by atoms with Crippen LogP contribution in [-0.2, 0) is 0 Å². The monoisotopic (exact) mass is 461 g/mol. The standard InChI is InChI=1S/C31H43NO2/c1-2-3-4-5-6-7-8-9-10-11-12-13-14-15-16-17-31(34)28-20-18-27(19-21-28)26-32-29-22-24-30(33)25-23-29/h9-10,18-26,33H,2-8,11-17H2,1H3. The first-order valence-electron chi connectivity index (χ1n) is 13.3. The molecule has 0 amide bonds. The first kappa shape index (κ1) is 27.6. The number of ketones is 1. The number of aromatic hydroxyl groups is 1. The second-order valence-corrected chi connectivity index (χ2v) is 9.15. The number of Topliss-reactive ketones (excluding diaryl/α,β-unsaturated/α-hetero) is 1. The van der Waals surface area contributed by atoms with Gasteiger partial charge in [-0.25, -0.2) is 0 Å². The van der Waals surface area contributed by atoms with Crippen LogP contribution in [0.1, 0.15) is 113 Å². The Morgan fingerprint density at radius 1 is 0.735 bits per heavy atom. The van der Waals surface area contributed by atoms with Gasteiger partial charge in [-0.1, -0.05) is 94.7 Å². The summed E-state index contributed by atoms with van der Waals surface area (Å²) in [6.45, 7) is 2.27. The van der Waals surface area contributed by atoms with Gasteiger partial charge in [0.15, 0.2) is 5.78 Å². The molecule has 34 heavy (non-hydrogen) atoms. The summed E-state index contributed by atoms with van der Waals surface area (Å²) < 4.78 is 0. The molecule has 0 radical (unpaired) electrons. The molecule has 3 heteroatoms. The van der Waals surface area contributed by atoms with Crippen molar-refractivity contribution in [3.05, 3.63) is 71.8 Å². The summed E-state index contributed by atoms with van der Waals surface area (Å²) in [5.41, 5.74) is 2.50. The summed E-state index contributed by atoms with van der Waals surface area (Å²) in [6, 6.07) is 14.4. The van der Waals surface area contributed by atoms with Gasteiger partial charge in [0.1, 0.15) is 5.75 Å². The normalized spacial score (nSPS) is 11.6. The quantitative estimate of drug-likeness (QED) is 0.104. The van der Waals surface area contributed by atoms with Crippen LogP contribution < -0.4 is 0 Å². The van der Waals surface area contributed by atoms with Gasteiger partial charge in [-0.15, -0.1) is 0 Å². The molecule has 2 aromatic rings. The van der Waals surface area contributed by atoms with Gasteiger partial charge in [-0.2, -0.15) is 0 Å². The number of benzene rings is 2. The van der Waals surface area contributed by atoms with Crippen LogP contribution in [-0.4, -0.2) is 17.1 Å². The van der Waals surface area contributed by atoms with E-state index in [4.69, 9.17) is 0 Å². The minimum absolute atomic E-state index is 0.222. The van der Waals surface area contributed by atoms with Crippen LogP contribution in [0.5, 0.6) is 5.75 Å². The lowest BCUT2D eigenvalue weighted by Gasteiger charge is -2.03. The Morgan fingerprint density at radius 2 is 1.29 bits per heavy atom. The summed E-state index contributed by atoms with van der Waals surface area (Å²) in [5.74, 6) is 0.452. The van der Waals surface area contributed by atoms with Crippen LogP contribution in [0.15, 0.2) is 65.7 Å². The topological polar surface area (TPSA) is 49.7 Å². The number of unbranched alkanes of at least 4 members (excludes halogenated alkanes) is 11. The largest absolute Gasteiger partial charge is 0.508 e. The zero-order chi connectivity index (χ0) is 24.3. The first-order chi connectivity index (χ1) is 16.7. The van der Waals surface area contributed by atoms with E-state index in [1.54, 1.807) is 30.5 Å². The molecule has 0 aliphatic heterocycles. The van der Waals surface area contributed by atoms with Gasteiger partial charge in [0.2, 0.25) is 0 Å². The molecule has 0 aliphatic rings. The van der Waals surface area contributed by atoms with Gasteiger partial charge in [-0.3, -0.25) is 9.79 Å². The molecule has 184 valence electrons. The van der Waals surface area contributed by atoms with Gasteiger partial charge in [0.25, 0.3) is 0 Å². The number of hydrogen-bond donors (Lipinski definition) is 1. The van der Waals surface area contributed by atoms with Crippen molar-refractivity contribution in [3.8, 4) is 5.75 Å². The molecule has 0 saturated carbocycles. The number of rotatable bonds is 18. The fourth-order valence-electron chi connectivity index (χ4n) is 3.94. The first-order valence-corrected chi connectivity index (χ1v) is 13.3. The molecule has 0 aliphatic carbocycles. The van der Waals surface area contributed by atoms with Crippen molar-refractivity contribution in [1.82, 2.24) is 0 Å². The van der Waals surface area contributed by atoms with Crippen LogP contribution >= 0.6 is 0 Å². The number of allylic oxidation sites excluding steroid dienone is 2. The van der Waals surface area contributed by atoms with E-state index in [0.717, 1.165) is 29.7 Å². The predicted octanol–water partition coefficient (Wildman–Crippen LogP) is 9.36. The van der Waals surface area contributed by atoms with Crippen LogP contribution in [0.3, 0.4) is 0 Å². The van der Waals surface area contributed by atoms with Crippen LogP contribution in [0.4, 0.5) is 5.69 Å². The lowest BCUT2D eigenvalue weighted by atomic mass is 10.0. The molecular formula is C31H43NO2. The molecule has 0 aromatic heterocycles. The Kier molecular flexibility index (Phi) is 14.4. The number of carbonyl (C=O) groups is 1. The smallest absolute Gasteiger partial charge is 0.162 e. The maximum absolute atomic E-state index is 12.4. The minimum Gasteiger partial charge on any atom is -0.508 e. The highest BCUT2D eigenvalue weighted by molar-refractivity contribution is 5.96. The molecule has 0 fully saturated rings. The Hall–Kier alpha value is -2.68. The second kappa shape index (κ2) is 17.8. The third-order valence-electron chi connectivity index (χ3n) is 6.11. The Bertz CT molecular complexity index is 850. The number of phenols is 1. The molecular weight excluding hydrogens is 418 g/mol. The van der Waals surface area contributed by atoms with Gasteiger partial charge >= 0.3 is 0 Å². The van der Waals surface area contributed by atoms with E-state index in [1.807, 2.05) is 24.3 Å². The summed E-state index contributed by atoms with van der Waals surface area (Å²) in [6.07, 6.45) is 23.6.